The van der Waals surface area contributed by atoms with E-state index in [4.69, 9.17) is 0 Å². The zero-order valence-corrected chi connectivity index (χ0v) is 8.44. The predicted molar refractivity (Wildman–Crippen MR) is 55.4 cm³/mol. The molecular weight excluding hydrogens is 192 g/mol. The van der Waals surface area contributed by atoms with E-state index in [0.717, 1.165) is 13.0 Å². The third-order valence-corrected chi connectivity index (χ3v) is 2.47. The lowest BCUT2D eigenvalue weighted by Gasteiger charge is -2.10. The second kappa shape index (κ2) is 4.84. The lowest BCUT2D eigenvalue weighted by Crippen LogP contribution is -2.37. The Labute approximate surface area is 88.3 Å². The standard InChI is InChI=1S/C10H14N4O/c15-10(9-7-11-4-5-13-9)14-6-8-2-1-3-12-8/h4-5,7-8,12H,1-3,6H2,(H,14,15)/t8-/m1/s1. The van der Waals surface area contributed by atoms with E-state index in [0.29, 0.717) is 18.3 Å². The first kappa shape index (κ1) is 10.0. The summed E-state index contributed by atoms with van der Waals surface area (Å²) in [6, 6.07) is 0.408. The first-order valence-corrected chi connectivity index (χ1v) is 5.14. The largest absolute Gasteiger partial charge is 0.349 e. The second-order valence-corrected chi connectivity index (χ2v) is 3.59. The van der Waals surface area contributed by atoms with E-state index >= 15 is 0 Å². The van der Waals surface area contributed by atoms with Crippen LogP contribution in [0.3, 0.4) is 0 Å². The molecule has 1 saturated heterocycles. The first-order chi connectivity index (χ1) is 7.36. The number of rotatable bonds is 3. The number of hydrogen-bond donors (Lipinski definition) is 2. The number of nitrogens with one attached hydrogen (secondary N) is 2. The Balaban J connectivity index is 1.82. The fraction of sp³-hybridized carbons (Fsp3) is 0.500. The highest BCUT2D eigenvalue weighted by atomic mass is 16.1. The zero-order chi connectivity index (χ0) is 10.5. The van der Waals surface area contributed by atoms with Gasteiger partial charge in [-0.05, 0) is 19.4 Å². The number of aromatic nitrogens is 2. The van der Waals surface area contributed by atoms with E-state index in [1.807, 2.05) is 0 Å². The van der Waals surface area contributed by atoms with Crippen LogP contribution < -0.4 is 10.6 Å². The van der Waals surface area contributed by atoms with Crippen LogP contribution in [0.25, 0.3) is 0 Å². The molecule has 80 valence electrons. The van der Waals surface area contributed by atoms with E-state index in [9.17, 15) is 4.79 Å². The lowest BCUT2D eigenvalue weighted by atomic mass is 10.2. The van der Waals surface area contributed by atoms with Crippen LogP contribution in [0.15, 0.2) is 18.6 Å². The number of carbonyl (C=O) groups excluding carboxylic acids is 1. The highest BCUT2D eigenvalue weighted by molar-refractivity contribution is 5.91. The Morgan fingerprint density at radius 2 is 2.53 bits per heavy atom. The second-order valence-electron chi connectivity index (χ2n) is 3.59. The average molecular weight is 206 g/mol. The van der Waals surface area contributed by atoms with Crippen molar-refractivity contribution in [3.05, 3.63) is 24.3 Å². The molecule has 2 N–H and O–H groups in total. The van der Waals surface area contributed by atoms with Gasteiger partial charge in [0, 0.05) is 25.0 Å². The maximum Gasteiger partial charge on any atom is 0.271 e. The maximum atomic E-state index is 11.6. The molecule has 2 rings (SSSR count). The fourth-order valence-corrected chi connectivity index (χ4v) is 1.65. The van der Waals surface area contributed by atoms with Crippen molar-refractivity contribution < 1.29 is 4.79 Å². The topological polar surface area (TPSA) is 66.9 Å². The molecule has 1 aromatic heterocycles. The molecule has 0 spiro atoms. The van der Waals surface area contributed by atoms with Crippen molar-refractivity contribution in [3.63, 3.8) is 0 Å². The van der Waals surface area contributed by atoms with Gasteiger partial charge in [-0.3, -0.25) is 9.78 Å². The highest BCUT2D eigenvalue weighted by Gasteiger charge is 2.15. The van der Waals surface area contributed by atoms with Crippen LogP contribution in [0.5, 0.6) is 0 Å². The number of nitrogens with zero attached hydrogens (tertiary/aromatic N) is 2. The molecule has 1 aliphatic heterocycles. The Kier molecular flexibility index (Phi) is 3.24. The molecule has 5 nitrogen and oxygen atoms in total. The summed E-state index contributed by atoms with van der Waals surface area (Å²) >= 11 is 0. The minimum Gasteiger partial charge on any atom is -0.349 e. The van der Waals surface area contributed by atoms with Crippen molar-refractivity contribution in [3.8, 4) is 0 Å². The lowest BCUT2D eigenvalue weighted by molar-refractivity contribution is 0.0945. The molecule has 1 amide bonds. The van der Waals surface area contributed by atoms with Gasteiger partial charge in [0.1, 0.15) is 5.69 Å². The van der Waals surface area contributed by atoms with Gasteiger partial charge in [-0.15, -0.1) is 0 Å². The summed E-state index contributed by atoms with van der Waals surface area (Å²) in [5.74, 6) is -0.156. The van der Waals surface area contributed by atoms with Crippen molar-refractivity contribution in [1.29, 1.82) is 0 Å². The smallest absolute Gasteiger partial charge is 0.271 e. The summed E-state index contributed by atoms with van der Waals surface area (Å²) < 4.78 is 0. The summed E-state index contributed by atoms with van der Waals surface area (Å²) in [6.07, 6.45) is 6.85. The molecule has 1 aliphatic rings. The predicted octanol–water partition coefficient (Wildman–Crippen LogP) is -0.0416. The van der Waals surface area contributed by atoms with Crippen LogP contribution >= 0.6 is 0 Å². The van der Waals surface area contributed by atoms with Crippen molar-refractivity contribution in [2.75, 3.05) is 13.1 Å². The average Bonchev–Trinajstić information content (AvgIpc) is 2.80. The highest BCUT2D eigenvalue weighted by Crippen LogP contribution is 2.03. The van der Waals surface area contributed by atoms with Crippen LogP contribution in [0, 0.1) is 0 Å². The minimum absolute atomic E-state index is 0.156. The van der Waals surface area contributed by atoms with Crippen molar-refractivity contribution in [2.45, 2.75) is 18.9 Å². The summed E-state index contributed by atoms with van der Waals surface area (Å²) in [5, 5.41) is 6.15. The van der Waals surface area contributed by atoms with Gasteiger partial charge in [0.25, 0.3) is 5.91 Å². The monoisotopic (exact) mass is 206 g/mol. The van der Waals surface area contributed by atoms with Gasteiger partial charge >= 0.3 is 0 Å². The summed E-state index contributed by atoms with van der Waals surface area (Å²) in [7, 11) is 0. The van der Waals surface area contributed by atoms with E-state index < -0.39 is 0 Å². The quantitative estimate of drug-likeness (QED) is 0.728. The van der Waals surface area contributed by atoms with Crippen molar-refractivity contribution in [2.24, 2.45) is 0 Å². The molecule has 0 aromatic carbocycles. The van der Waals surface area contributed by atoms with Gasteiger partial charge in [0.05, 0.1) is 6.20 Å². The maximum absolute atomic E-state index is 11.6. The van der Waals surface area contributed by atoms with E-state index in [-0.39, 0.29) is 5.91 Å². The number of amides is 1. The molecule has 0 aliphatic carbocycles. The van der Waals surface area contributed by atoms with Crippen LogP contribution in [-0.4, -0.2) is 35.0 Å². The molecule has 2 heterocycles. The summed E-state index contributed by atoms with van der Waals surface area (Å²) in [6.45, 7) is 1.71. The van der Waals surface area contributed by atoms with Gasteiger partial charge in [-0.2, -0.15) is 0 Å². The molecule has 0 unspecified atom stereocenters. The molecule has 0 saturated carbocycles. The molecule has 5 heteroatoms. The normalized spacial score (nSPS) is 20.1. The molecule has 15 heavy (non-hydrogen) atoms. The molecule has 0 bridgehead atoms. The van der Waals surface area contributed by atoms with Gasteiger partial charge < -0.3 is 10.6 Å². The SMILES string of the molecule is O=C(NC[C@H]1CCCN1)c1cnccn1. The van der Waals surface area contributed by atoms with Crippen LogP contribution in [0.4, 0.5) is 0 Å². The number of hydrogen-bond acceptors (Lipinski definition) is 4. The third-order valence-electron chi connectivity index (χ3n) is 2.47. The Bertz CT molecular complexity index is 321. The molecule has 1 fully saturated rings. The van der Waals surface area contributed by atoms with Gasteiger partial charge in [-0.1, -0.05) is 0 Å². The third kappa shape index (κ3) is 2.73. The van der Waals surface area contributed by atoms with Crippen LogP contribution in [-0.2, 0) is 0 Å². The van der Waals surface area contributed by atoms with Crippen LogP contribution in [0.1, 0.15) is 23.3 Å². The summed E-state index contributed by atoms with van der Waals surface area (Å²) in [5.41, 5.74) is 0.371. The van der Waals surface area contributed by atoms with Crippen molar-refractivity contribution >= 4 is 5.91 Å². The van der Waals surface area contributed by atoms with Crippen molar-refractivity contribution in [1.82, 2.24) is 20.6 Å². The van der Waals surface area contributed by atoms with E-state index in [2.05, 4.69) is 20.6 Å². The summed E-state index contributed by atoms with van der Waals surface area (Å²) in [4.78, 5) is 19.3. The van der Waals surface area contributed by atoms with Crippen LogP contribution in [0.2, 0.25) is 0 Å². The zero-order valence-electron chi connectivity index (χ0n) is 8.44. The number of carbonyl (C=O) groups is 1. The van der Waals surface area contributed by atoms with E-state index in [1.54, 1.807) is 6.20 Å². The molecule has 1 atom stereocenters. The molecular formula is C10H14N4O. The molecule has 1 aromatic rings. The Morgan fingerprint density at radius 1 is 1.60 bits per heavy atom. The fourth-order valence-electron chi connectivity index (χ4n) is 1.65. The van der Waals surface area contributed by atoms with Gasteiger partial charge in [0.15, 0.2) is 0 Å². The van der Waals surface area contributed by atoms with Gasteiger partial charge in [-0.25, -0.2) is 4.98 Å². The Hall–Kier alpha value is -1.49. The minimum atomic E-state index is -0.156. The molecule has 0 radical (unpaired) electrons. The van der Waals surface area contributed by atoms with E-state index in [1.165, 1.54) is 18.8 Å². The Morgan fingerprint density at radius 3 is 3.20 bits per heavy atom. The first-order valence-electron chi connectivity index (χ1n) is 5.14. The van der Waals surface area contributed by atoms with Gasteiger partial charge in [0.2, 0.25) is 0 Å².